The van der Waals surface area contributed by atoms with E-state index in [4.69, 9.17) is 0 Å². The molecule has 0 spiro atoms. The predicted molar refractivity (Wildman–Crippen MR) is 67.4 cm³/mol. The first-order valence-electron chi connectivity index (χ1n) is 5.30. The molecule has 0 saturated heterocycles. The van der Waals surface area contributed by atoms with E-state index < -0.39 is 0 Å². The lowest BCUT2D eigenvalue weighted by molar-refractivity contribution is -0.111. The number of rotatable bonds is 3. The molecule has 2 aromatic rings. The van der Waals surface area contributed by atoms with Gasteiger partial charge in [0.15, 0.2) is 0 Å². The highest BCUT2D eigenvalue weighted by molar-refractivity contribution is 6.01. The lowest BCUT2D eigenvalue weighted by Gasteiger charge is -1.99. The zero-order chi connectivity index (χ0) is 12.1. The normalized spacial score (nSPS) is 10.6. The third kappa shape index (κ3) is 3.04. The van der Waals surface area contributed by atoms with Gasteiger partial charge in [-0.3, -0.25) is 9.89 Å². The number of amides is 1. The van der Waals surface area contributed by atoms with Crippen molar-refractivity contribution in [2.24, 2.45) is 0 Å². The largest absolute Gasteiger partial charge is 0.307 e. The molecule has 0 radical (unpaired) electrons. The van der Waals surface area contributed by atoms with Gasteiger partial charge in [-0.25, -0.2) is 0 Å². The first-order valence-corrected chi connectivity index (χ1v) is 5.30. The van der Waals surface area contributed by atoms with E-state index in [1.165, 1.54) is 6.08 Å². The minimum Gasteiger partial charge on any atom is -0.307 e. The fraction of sp³-hybridized carbons (Fsp3) is 0.0769. The summed E-state index contributed by atoms with van der Waals surface area (Å²) in [4.78, 5) is 11.5. The fourth-order valence-corrected chi connectivity index (χ4v) is 1.44. The summed E-state index contributed by atoms with van der Waals surface area (Å²) in [6.45, 7) is 2.01. The quantitative estimate of drug-likeness (QED) is 0.791. The maximum Gasteiger partial charge on any atom is 0.249 e. The standard InChI is InChI=1S/C13H13N3O/c1-10-4-2-3-5-11(10)6-7-13(17)15-12-8-9-14-16-12/h2-9H,1H3,(H2,14,15,16,17)/b7-6+. The summed E-state index contributed by atoms with van der Waals surface area (Å²) in [7, 11) is 0. The van der Waals surface area contributed by atoms with Crippen LogP contribution in [0.5, 0.6) is 0 Å². The molecule has 4 nitrogen and oxygen atoms in total. The molecule has 0 atom stereocenters. The highest BCUT2D eigenvalue weighted by Gasteiger charge is 1.98. The number of anilines is 1. The second kappa shape index (κ2) is 5.12. The van der Waals surface area contributed by atoms with Crippen LogP contribution in [-0.2, 0) is 4.79 Å². The van der Waals surface area contributed by atoms with Crippen molar-refractivity contribution >= 4 is 17.8 Å². The topological polar surface area (TPSA) is 57.8 Å². The predicted octanol–water partition coefficient (Wildman–Crippen LogP) is 2.37. The molecule has 0 fully saturated rings. The average Bonchev–Trinajstić information content (AvgIpc) is 2.81. The van der Waals surface area contributed by atoms with Gasteiger partial charge in [0, 0.05) is 12.1 Å². The molecule has 0 bridgehead atoms. The second-order valence-electron chi connectivity index (χ2n) is 3.65. The SMILES string of the molecule is Cc1ccccc1/C=C/C(=O)Nc1ccn[nH]1. The van der Waals surface area contributed by atoms with Crippen LogP contribution in [0.15, 0.2) is 42.6 Å². The van der Waals surface area contributed by atoms with Gasteiger partial charge in [-0.15, -0.1) is 0 Å². The van der Waals surface area contributed by atoms with Crippen LogP contribution in [0.2, 0.25) is 0 Å². The summed E-state index contributed by atoms with van der Waals surface area (Å²) in [6, 6.07) is 9.58. The maximum atomic E-state index is 11.5. The van der Waals surface area contributed by atoms with Crippen LogP contribution in [0.25, 0.3) is 6.08 Å². The molecule has 2 rings (SSSR count). The zero-order valence-corrected chi connectivity index (χ0v) is 9.47. The molecule has 0 aliphatic rings. The Labute approximate surface area is 99.4 Å². The van der Waals surface area contributed by atoms with Gasteiger partial charge in [-0.2, -0.15) is 5.10 Å². The number of carbonyl (C=O) groups excluding carboxylic acids is 1. The fourth-order valence-electron chi connectivity index (χ4n) is 1.44. The third-order valence-electron chi connectivity index (χ3n) is 2.36. The van der Waals surface area contributed by atoms with E-state index in [-0.39, 0.29) is 5.91 Å². The highest BCUT2D eigenvalue weighted by atomic mass is 16.1. The van der Waals surface area contributed by atoms with E-state index in [1.807, 2.05) is 31.2 Å². The van der Waals surface area contributed by atoms with Gasteiger partial charge in [0.25, 0.3) is 0 Å². The molecule has 86 valence electrons. The van der Waals surface area contributed by atoms with Crippen LogP contribution in [0, 0.1) is 6.92 Å². The monoisotopic (exact) mass is 227 g/mol. The van der Waals surface area contributed by atoms with Crippen LogP contribution in [0.4, 0.5) is 5.82 Å². The molecule has 1 aromatic carbocycles. The first kappa shape index (κ1) is 11.1. The van der Waals surface area contributed by atoms with Crippen molar-refractivity contribution in [2.45, 2.75) is 6.92 Å². The van der Waals surface area contributed by atoms with Gasteiger partial charge >= 0.3 is 0 Å². The smallest absolute Gasteiger partial charge is 0.249 e. The van der Waals surface area contributed by atoms with Crippen LogP contribution in [-0.4, -0.2) is 16.1 Å². The van der Waals surface area contributed by atoms with E-state index in [1.54, 1.807) is 18.3 Å². The molecular formula is C13H13N3O. The lowest BCUT2D eigenvalue weighted by atomic mass is 10.1. The Morgan fingerprint density at radius 3 is 2.88 bits per heavy atom. The molecule has 1 amide bonds. The van der Waals surface area contributed by atoms with E-state index >= 15 is 0 Å². The van der Waals surface area contributed by atoms with E-state index in [9.17, 15) is 4.79 Å². The summed E-state index contributed by atoms with van der Waals surface area (Å²) < 4.78 is 0. The summed E-state index contributed by atoms with van der Waals surface area (Å²) in [5.41, 5.74) is 2.17. The Morgan fingerprint density at radius 1 is 1.35 bits per heavy atom. The molecule has 0 saturated carbocycles. The minimum atomic E-state index is -0.183. The number of aromatic nitrogens is 2. The van der Waals surface area contributed by atoms with Crippen LogP contribution in [0.1, 0.15) is 11.1 Å². The van der Waals surface area contributed by atoms with Gasteiger partial charge in [0.1, 0.15) is 5.82 Å². The van der Waals surface area contributed by atoms with Crippen molar-refractivity contribution in [3.8, 4) is 0 Å². The van der Waals surface area contributed by atoms with Crippen molar-refractivity contribution in [1.82, 2.24) is 10.2 Å². The second-order valence-corrected chi connectivity index (χ2v) is 3.65. The number of benzene rings is 1. The molecule has 0 aliphatic heterocycles. The zero-order valence-electron chi connectivity index (χ0n) is 9.47. The van der Waals surface area contributed by atoms with Crippen molar-refractivity contribution in [2.75, 3.05) is 5.32 Å². The number of H-pyrrole nitrogens is 1. The number of hydrogen-bond acceptors (Lipinski definition) is 2. The van der Waals surface area contributed by atoms with Crippen molar-refractivity contribution in [3.63, 3.8) is 0 Å². The average molecular weight is 227 g/mol. The molecule has 0 unspecified atom stereocenters. The van der Waals surface area contributed by atoms with E-state index in [2.05, 4.69) is 15.5 Å². The third-order valence-corrected chi connectivity index (χ3v) is 2.36. The molecule has 2 N–H and O–H groups in total. The van der Waals surface area contributed by atoms with Gasteiger partial charge in [-0.1, -0.05) is 24.3 Å². The number of hydrogen-bond donors (Lipinski definition) is 2. The maximum absolute atomic E-state index is 11.5. The van der Waals surface area contributed by atoms with Crippen molar-refractivity contribution in [1.29, 1.82) is 0 Å². The number of nitrogens with one attached hydrogen (secondary N) is 2. The van der Waals surface area contributed by atoms with E-state index in [0.29, 0.717) is 5.82 Å². The van der Waals surface area contributed by atoms with Gasteiger partial charge < -0.3 is 5.32 Å². The number of aromatic amines is 1. The Balaban J connectivity index is 2.01. The lowest BCUT2D eigenvalue weighted by Crippen LogP contribution is -2.07. The summed E-state index contributed by atoms with van der Waals surface area (Å²) in [5, 5.41) is 9.07. The van der Waals surface area contributed by atoms with Gasteiger partial charge in [-0.05, 0) is 24.1 Å². The Morgan fingerprint density at radius 2 is 2.18 bits per heavy atom. The molecular weight excluding hydrogens is 214 g/mol. The molecule has 1 heterocycles. The number of aryl methyl sites for hydroxylation is 1. The molecule has 0 aliphatic carbocycles. The Hall–Kier alpha value is -2.36. The van der Waals surface area contributed by atoms with Gasteiger partial charge in [0.05, 0.1) is 6.20 Å². The Kier molecular flexibility index (Phi) is 3.35. The summed E-state index contributed by atoms with van der Waals surface area (Å²) in [6.07, 6.45) is 4.88. The number of carbonyl (C=O) groups is 1. The molecule has 17 heavy (non-hydrogen) atoms. The van der Waals surface area contributed by atoms with Crippen LogP contribution < -0.4 is 5.32 Å². The van der Waals surface area contributed by atoms with Crippen LogP contribution >= 0.6 is 0 Å². The first-order chi connectivity index (χ1) is 8.25. The molecule has 4 heteroatoms. The van der Waals surface area contributed by atoms with Crippen molar-refractivity contribution < 1.29 is 4.79 Å². The summed E-state index contributed by atoms with van der Waals surface area (Å²) in [5.74, 6) is 0.405. The van der Waals surface area contributed by atoms with Crippen molar-refractivity contribution in [3.05, 3.63) is 53.7 Å². The minimum absolute atomic E-state index is 0.183. The van der Waals surface area contributed by atoms with Gasteiger partial charge in [0.2, 0.25) is 5.91 Å². The van der Waals surface area contributed by atoms with Crippen LogP contribution in [0.3, 0.4) is 0 Å². The number of nitrogens with zero attached hydrogens (tertiary/aromatic N) is 1. The highest BCUT2D eigenvalue weighted by Crippen LogP contribution is 2.09. The van der Waals surface area contributed by atoms with E-state index in [0.717, 1.165) is 11.1 Å². The Bertz CT molecular complexity index is 529. The molecule has 1 aromatic heterocycles. The summed E-state index contributed by atoms with van der Waals surface area (Å²) >= 11 is 0.